The summed E-state index contributed by atoms with van der Waals surface area (Å²) in [5.74, 6) is 2.83. The Labute approximate surface area is 365 Å². The fraction of sp³-hybridized carbons (Fsp3) is 0.0862. The molecule has 0 saturated heterocycles. The van der Waals surface area contributed by atoms with E-state index < -0.39 is 0 Å². The highest BCUT2D eigenvalue weighted by Crippen LogP contribution is 2.42. The summed E-state index contributed by atoms with van der Waals surface area (Å²) in [6.45, 7) is 2.09. The lowest BCUT2D eigenvalue weighted by atomic mass is 9.84. The zero-order valence-electron chi connectivity index (χ0n) is 34.8. The van der Waals surface area contributed by atoms with Crippen molar-refractivity contribution in [1.29, 1.82) is 5.41 Å². The van der Waals surface area contributed by atoms with Gasteiger partial charge in [-0.05, 0) is 86.7 Å². The molecule has 0 spiro atoms. The number of hydrogen-bond acceptors (Lipinski definition) is 4. The maximum absolute atomic E-state index is 8.53. The molecule has 2 unspecified atom stereocenters. The van der Waals surface area contributed by atoms with Gasteiger partial charge in [0.05, 0.1) is 17.4 Å². The summed E-state index contributed by atoms with van der Waals surface area (Å²) in [6.07, 6.45) is 13.0. The first-order chi connectivity index (χ1) is 30.6. The Kier molecular flexibility index (Phi) is 11.7. The van der Waals surface area contributed by atoms with Gasteiger partial charge in [-0.1, -0.05) is 188 Å². The van der Waals surface area contributed by atoms with Crippen molar-refractivity contribution in [2.24, 2.45) is 0 Å². The van der Waals surface area contributed by atoms with Gasteiger partial charge < -0.3 is 16.0 Å². The molecule has 7 aromatic rings. The highest BCUT2D eigenvalue weighted by Gasteiger charge is 2.28. The zero-order valence-corrected chi connectivity index (χ0v) is 34.8. The van der Waals surface area contributed by atoms with E-state index in [1.54, 1.807) is 0 Å². The van der Waals surface area contributed by atoms with E-state index in [2.05, 4.69) is 205 Å². The zero-order chi connectivity index (χ0) is 42.3. The van der Waals surface area contributed by atoms with E-state index in [-0.39, 0.29) is 12.2 Å². The first kappa shape index (κ1) is 39.7. The molecule has 300 valence electrons. The summed E-state index contributed by atoms with van der Waals surface area (Å²) >= 11 is 0. The highest BCUT2D eigenvalue weighted by molar-refractivity contribution is 6.21. The van der Waals surface area contributed by atoms with E-state index in [1.807, 2.05) is 24.3 Å². The van der Waals surface area contributed by atoms with Crippen LogP contribution in [0.15, 0.2) is 211 Å². The summed E-state index contributed by atoms with van der Waals surface area (Å²) in [5.41, 5.74) is 18.6. The van der Waals surface area contributed by atoms with E-state index in [9.17, 15) is 0 Å². The van der Waals surface area contributed by atoms with Crippen molar-refractivity contribution in [2.75, 3.05) is 0 Å². The third-order valence-corrected chi connectivity index (χ3v) is 11.8. The van der Waals surface area contributed by atoms with Crippen molar-refractivity contribution in [3.05, 3.63) is 250 Å². The molecule has 2 heterocycles. The average Bonchev–Trinajstić information content (AvgIpc) is 3.35. The monoisotopic (exact) mass is 800 g/mol. The van der Waals surface area contributed by atoms with E-state index in [0.29, 0.717) is 6.42 Å². The fourth-order valence-electron chi connectivity index (χ4n) is 8.65. The van der Waals surface area contributed by atoms with Gasteiger partial charge in [-0.25, -0.2) is 0 Å². The number of allylic oxidation sites excluding steroid dienone is 3. The van der Waals surface area contributed by atoms with Gasteiger partial charge in [0.2, 0.25) is 0 Å². The van der Waals surface area contributed by atoms with Crippen molar-refractivity contribution < 1.29 is 0 Å². The van der Waals surface area contributed by atoms with Crippen LogP contribution in [0.4, 0.5) is 0 Å². The van der Waals surface area contributed by atoms with Crippen LogP contribution in [-0.2, 0) is 0 Å². The van der Waals surface area contributed by atoms with Crippen LogP contribution < -0.4 is 16.0 Å². The predicted octanol–water partition coefficient (Wildman–Crippen LogP) is 13.2. The Morgan fingerprint density at radius 2 is 1.19 bits per heavy atom. The second-order valence-corrected chi connectivity index (χ2v) is 15.6. The van der Waals surface area contributed by atoms with Crippen molar-refractivity contribution in [1.82, 2.24) is 16.0 Å². The molecule has 62 heavy (non-hydrogen) atoms. The lowest BCUT2D eigenvalue weighted by molar-refractivity contribution is 0.418. The Hall–Kier alpha value is -7.71. The van der Waals surface area contributed by atoms with E-state index in [4.69, 9.17) is 11.8 Å². The van der Waals surface area contributed by atoms with Crippen LogP contribution in [0.5, 0.6) is 0 Å². The maximum atomic E-state index is 8.53. The average molecular weight is 801 g/mol. The van der Waals surface area contributed by atoms with E-state index >= 15 is 0 Å². The molecule has 0 radical (unpaired) electrons. The van der Waals surface area contributed by atoms with Gasteiger partial charge in [-0.3, -0.25) is 5.32 Å². The van der Waals surface area contributed by atoms with Gasteiger partial charge in [-0.15, -0.1) is 12.3 Å². The van der Waals surface area contributed by atoms with Crippen LogP contribution in [0.25, 0.3) is 44.8 Å². The second-order valence-electron chi connectivity index (χ2n) is 15.6. The molecule has 4 N–H and O–H groups in total. The second kappa shape index (κ2) is 18.3. The van der Waals surface area contributed by atoms with Crippen LogP contribution in [-0.4, -0.2) is 6.21 Å². The van der Waals surface area contributed by atoms with Gasteiger partial charge in [0.15, 0.2) is 0 Å². The number of hydrogen-bond donors (Lipinski definition) is 4. The fourth-order valence-corrected chi connectivity index (χ4v) is 8.65. The first-order valence-corrected chi connectivity index (χ1v) is 21.3. The van der Waals surface area contributed by atoms with Crippen molar-refractivity contribution in [3.8, 4) is 34.6 Å². The third kappa shape index (κ3) is 8.23. The molecule has 0 aromatic heterocycles. The van der Waals surface area contributed by atoms with Crippen LogP contribution in [0.1, 0.15) is 70.9 Å². The summed E-state index contributed by atoms with van der Waals surface area (Å²) in [6, 6.07) is 66.3. The molecule has 0 amide bonds. The van der Waals surface area contributed by atoms with Gasteiger partial charge in [-0.2, -0.15) is 0 Å². The molecule has 4 heteroatoms. The molecule has 2 aliphatic rings. The molecule has 9 rings (SSSR count). The molecule has 0 bridgehead atoms. The van der Waals surface area contributed by atoms with Crippen LogP contribution in [0, 0.1) is 17.8 Å². The largest absolute Gasteiger partial charge is 0.366 e. The summed E-state index contributed by atoms with van der Waals surface area (Å²) in [4.78, 5) is 0. The standard InChI is InChI=1S/C58H48N4/c1-3-5-18-40(4-2)53-38-54(45-33-29-42(30-34-45)41-19-9-6-10-20-41)61-58(60-53)49-26-17-25-48(37-49)43-31-35-46(36-32-43)55-50-27-15-16-28-51(50)57(52(39-59)44-21-11-7-12-22-44)62-56(55)47-23-13-8-14-24-47/h1,4,6-17,19-39,54,58-62H,5,18H2,2H3/b40-4+,57-52+,59-39?. The predicted molar refractivity (Wildman–Crippen MR) is 259 cm³/mol. The minimum atomic E-state index is -0.138. The van der Waals surface area contributed by atoms with Crippen LogP contribution >= 0.6 is 0 Å². The minimum Gasteiger partial charge on any atom is -0.366 e. The van der Waals surface area contributed by atoms with Crippen molar-refractivity contribution in [3.63, 3.8) is 0 Å². The first-order valence-electron chi connectivity index (χ1n) is 21.3. The number of fused-ring (bicyclic) bond motifs is 1. The molecular weight excluding hydrogens is 753 g/mol. The molecule has 2 atom stereocenters. The molecule has 0 saturated carbocycles. The number of rotatable bonds is 11. The quantitative estimate of drug-likeness (QED) is 0.0778. The molecule has 2 aliphatic heterocycles. The number of nitrogens with one attached hydrogen (secondary N) is 4. The molecule has 4 nitrogen and oxygen atoms in total. The SMILES string of the molecule is C#CCC/C(=C\C)C1=CC(c2ccc(-c3ccccc3)cc2)NC(c2cccc(-c3ccc(C4=C(c5ccccc5)N/C(=C(\C=N)c5ccccc5)c5ccccc54)cc3)c2)N1. The summed E-state index contributed by atoms with van der Waals surface area (Å²) in [5, 5.41) is 20.1. The number of terminal acetylenes is 1. The minimum absolute atomic E-state index is 0.0120. The van der Waals surface area contributed by atoms with Gasteiger partial charge in [0.1, 0.15) is 6.17 Å². The Bertz CT molecular complexity index is 2880. The van der Waals surface area contributed by atoms with Crippen molar-refractivity contribution >= 4 is 28.8 Å². The molecule has 0 aliphatic carbocycles. The highest BCUT2D eigenvalue weighted by atomic mass is 15.2. The van der Waals surface area contributed by atoms with E-state index in [0.717, 1.165) is 79.2 Å². The Balaban J connectivity index is 1.06. The molecule has 7 aromatic carbocycles. The maximum Gasteiger partial charge on any atom is 0.104 e. The van der Waals surface area contributed by atoms with Crippen LogP contribution in [0.3, 0.4) is 0 Å². The smallest absolute Gasteiger partial charge is 0.104 e. The lowest BCUT2D eigenvalue weighted by Crippen LogP contribution is -2.40. The lowest BCUT2D eigenvalue weighted by Gasteiger charge is -2.34. The van der Waals surface area contributed by atoms with Gasteiger partial charge in [0.25, 0.3) is 0 Å². The normalized spacial score (nSPS) is 16.8. The van der Waals surface area contributed by atoms with Gasteiger partial charge in [0, 0.05) is 35.0 Å². The number of benzene rings is 7. The van der Waals surface area contributed by atoms with Crippen molar-refractivity contribution in [2.45, 2.75) is 32.0 Å². The Morgan fingerprint density at radius 3 is 1.87 bits per heavy atom. The van der Waals surface area contributed by atoms with E-state index in [1.165, 1.54) is 28.5 Å². The van der Waals surface area contributed by atoms with Gasteiger partial charge >= 0.3 is 0 Å². The summed E-state index contributed by atoms with van der Waals surface area (Å²) < 4.78 is 0. The summed E-state index contributed by atoms with van der Waals surface area (Å²) in [7, 11) is 0. The molecular formula is C58H48N4. The topological polar surface area (TPSA) is 59.9 Å². The Morgan fingerprint density at radius 1 is 0.613 bits per heavy atom. The van der Waals surface area contributed by atoms with Crippen LogP contribution in [0.2, 0.25) is 0 Å². The third-order valence-electron chi connectivity index (χ3n) is 11.8. The molecule has 0 fully saturated rings.